The Labute approximate surface area is 127 Å². The fraction of sp³-hybridized carbons (Fsp3) is 0.647. The number of rotatable bonds is 3. The Morgan fingerprint density at radius 1 is 1.38 bits per heavy atom. The Bertz CT molecular complexity index is 504. The summed E-state index contributed by atoms with van der Waals surface area (Å²) in [5.41, 5.74) is 8.36. The van der Waals surface area contributed by atoms with Gasteiger partial charge in [0.05, 0.1) is 18.8 Å². The Hall–Kier alpha value is -1.10. The Morgan fingerprint density at radius 3 is 2.90 bits per heavy atom. The highest BCUT2D eigenvalue weighted by molar-refractivity contribution is 5.47. The molecule has 0 saturated carbocycles. The van der Waals surface area contributed by atoms with Crippen LogP contribution in [-0.4, -0.2) is 42.8 Å². The van der Waals surface area contributed by atoms with E-state index in [-0.39, 0.29) is 17.7 Å². The number of ether oxygens (including phenoxy) is 2. The van der Waals surface area contributed by atoms with Crippen LogP contribution in [-0.2, 0) is 11.2 Å². The van der Waals surface area contributed by atoms with Gasteiger partial charge >= 0.3 is 0 Å². The van der Waals surface area contributed by atoms with Crippen LogP contribution in [0.25, 0.3) is 0 Å². The van der Waals surface area contributed by atoms with Crippen molar-refractivity contribution >= 4 is 0 Å². The third kappa shape index (κ3) is 2.68. The third-order valence-electron chi connectivity index (χ3n) is 4.53. The lowest BCUT2D eigenvalue weighted by molar-refractivity contribution is -0.0668. The Morgan fingerprint density at radius 2 is 2.19 bits per heavy atom. The highest BCUT2D eigenvalue weighted by atomic mass is 16.5. The molecule has 0 bridgehead atoms. The predicted molar refractivity (Wildman–Crippen MR) is 83.6 cm³/mol. The molecular weight excluding hydrogens is 264 g/mol. The first-order chi connectivity index (χ1) is 10.1. The van der Waals surface area contributed by atoms with Crippen LogP contribution in [0.1, 0.15) is 37.9 Å². The second-order valence-electron chi connectivity index (χ2n) is 6.59. The number of hydrogen-bond acceptors (Lipinski definition) is 4. The molecule has 2 aliphatic heterocycles. The van der Waals surface area contributed by atoms with E-state index in [1.54, 1.807) is 0 Å². The molecule has 1 aromatic carbocycles. The summed E-state index contributed by atoms with van der Waals surface area (Å²) in [5, 5.41) is 0. The molecule has 2 N–H and O–H groups in total. The fourth-order valence-electron chi connectivity index (χ4n) is 3.61. The van der Waals surface area contributed by atoms with Gasteiger partial charge in [-0.15, -0.1) is 0 Å². The first kappa shape index (κ1) is 14.8. The van der Waals surface area contributed by atoms with E-state index in [0.29, 0.717) is 6.54 Å². The number of benzene rings is 1. The molecular formula is C17H26N2O2. The SMILES string of the molecule is CCN1CCOC(CN)C1c1cccc2c1OC(C)(C)C2. The zero-order valence-electron chi connectivity index (χ0n) is 13.3. The van der Waals surface area contributed by atoms with E-state index in [1.165, 1.54) is 11.1 Å². The van der Waals surface area contributed by atoms with Crippen LogP contribution >= 0.6 is 0 Å². The molecule has 4 nitrogen and oxygen atoms in total. The second kappa shape index (κ2) is 5.59. The number of likely N-dealkylation sites (N-methyl/N-ethyl adjacent to an activating group) is 1. The predicted octanol–water partition coefficient (Wildman–Crippen LogP) is 2.12. The van der Waals surface area contributed by atoms with Crippen molar-refractivity contribution < 1.29 is 9.47 Å². The normalized spacial score (nSPS) is 28.2. The van der Waals surface area contributed by atoms with Gasteiger partial charge in [0.2, 0.25) is 0 Å². The number of nitrogens with two attached hydrogens (primary N) is 1. The van der Waals surface area contributed by atoms with E-state index in [2.05, 4.69) is 43.9 Å². The van der Waals surface area contributed by atoms with Gasteiger partial charge in [-0.1, -0.05) is 25.1 Å². The zero-order valence-corrected chi connectivity index (χ0v) is 13.3. The molecule has 116 valence electrons. The number of hydrogen-bond donors (Lipinski definition) is 1. The summed E-state index contributed by atoms with van der Waals surface area (Å²) in [6, 6.07) is 6.67. The van der Waals surface area contributed by atoms with Crippen LogP contribution in [0.2, 0.25) is 0 Å². The van der Waals surface area contributed by atoms with Crippen molar-refractivity contribution in [3.63, 3.8) is 0 Å². The van der Waals surface area contributed by atoms with Gasteiger partial charge in [0.25, 0.3) is 0 Å². The van der Waals surface area contributed by atoms with Crippen molar-refractivity contribution in [2.45, 2.75) is 44.9 Å². The Kier molecular flexibility index (Phi) is 3.95. The van der Waals surface area contributed by atoms with Crippen molar-refractivity contribution in [1.82, 2.24) is 4.90 Å². The van der Waals surface area contributed by atoms with Crippen molar-refractivity contribution in [3.8, 4) is 5.75 Å². The molecule has 0 aromatic heterocycles. The highest BCUT2D eigenvalue weighted by Crippen LogP contribution is 2.43. The van der Waals surface area contributed by atoms with Gasteiger partial charge in [-0.05, 0) is 26.0 Å². The van der Waals surface area contributed by atoms with Crippen LogP contribution < -0.4 is 10.5 Å². The van der Waals surface area contributed by atoms with E-state index in [1.807, 2.05) is 0 Å². The van der Waals surface area contributed by atoms with Crippen molar-refractivity contribution in [1.29, 1.82) is 0 Å². The summed E-state index contributed by atoms with van der Waals surface area (Å²) in [5.74, 6) is 1.05. The van der Waals surface area contributed by atoms with Crippen LogP contribution in [0.15, 0.2) is 18.2 Å². The second-order valence-corrected chi connectivity index (χ2v) is 6.59. The third-order valence-corrected chi connectivity index (χ3v) is 4.53. The minimum atomic E-state index is -0.122. The zero-order chi connectivity index (χ0) is 15.0. The van der Waals surface area contributed by atoms with Gasteiger partial charge in [0.1, 0.15) is 11.4 Å². The molecule has 3 rings (SSSR count). The Balaban J connectivity index is 2.01. The fourth-order valence-corrected chi connectivity index (χ4v) is 3.61. The number of morpholine rings is 1. The lowest BCUT2D eigenvalue weighted by Gasteiger charge is -2.41. The summed E-state index contributed by atoms with van der Waals surface area (Å²) in [6.07, 6.45) is 1.00. The molecule has 0 spiro atoms. The maximum absolute atomic E-state index is 6.24. The summed E-state index contributed by atoms with van der Waals surface area (Å²) in [7, 11) is 0. The van der Waals surface area contributed by atoms with Crippen molar-refractivity contribution in [2.24, 2.45) is 5.73 Å². The van der Waals surface area contributed by atoms with Gasteiger partial charge < -0.3 is 15.2 Å². The number of nitrogens with zero attached hydrogens (tertiary/aromatic N) is 1. The smallest absolute Gasteiger partial charge is 0.128 e. The van der Waals surface area contributed by atoms with Crippen molar-refractivity contribution in [2.75, 3.05) is 26.2 Å². The van der Waals surface area contributed by atoms with Gasteiger partial charge in [-0.2, -0.15) is 0 Å². The summed E-state index contributed by atoms with van der Waals surface area (Å²) in [4.78, 5) is 2.45. The monoisotopic (exact) mass is 290 g/mol. The van der Waals surface area contributed by atoms with E-state index < -0.39 is 0 Å². The molecule has 21 heavy (non-hydrogen) atoms. The molecule has 1 fully saturated rings. The van der Waals surface area contributed by atoms with Crippen LogP contribution in [0.3, 0.4) is 0 Å². The quantitative estimate of drug-likeness (QED) is 0.926. The number of para-hydroxylation sites is 1. The molecule has 2 aliphatic rings. The van der Waals surface area contributed by atoms with E-state index in [4.69, 9.17) is 15.2 Å². The van der Waals surface area contributed by atoms with Crippen LogP contribution in [0.5, 0.6) is 5.75 Å². The van der Waals surface area contributed by atoms with E-state index >= 15 is 0 Å². The maximum atomic E-state index is 6.24. The van der Waals surface area contributed by atoms with Crippen LogP contribution in [0, 0.1) is 0 Å². The lowest BCUT2D eigenvalue weighted by Crippen LogP contribution is -2.48. The van der Waals surface area contributed by atoms with Gasteiger partial charge in [-0.25, -0.2) is 0 Å². The van der Waals surface area contributed by atoms with E-state index in [0.717, 1.165) is 31.9 Å². The number of fused-ring (bicyclic) bond motifs is 1. The topological polar surface area (TPSA) is 47.7 Å². The van der Waals surface area contributed by atoms with Gasteiger partial charge in [-0.3, -0.25) is 4.90 Å². The average molecular weight is 290 g/mol. The molecule has 0 aliphatic carbocycles. The molecule has 1 aromatic rings. The molecule has 2 unspecified atom stereocenters. The average Bonchev–Trinajstić information content (AvgIpc) is 2.80. The minimum absolute atomic E-state index is 0.0394. The standard InChI is InChI=1S/C17H26N2O2/c1-4-19-8-9-20-14(11-18)15(19)13-7-5-6-12-10-17(2,3)21-16(12)13/h5-7,14-15H,4,8-11,18H2,1-3H3. The van der Waals surface area contributed by atoms with Crippen molar-refractivity contribution in [3.05, 3.63) is 29.3 Å². The highest BCUT2D eigenvalue weighted by Gasteiger charge is 2.38. The molecule has 4 heteroatoms. The molecule has 0 radical (unpaired) electrons. The van der Waals surface area contributed by atoms with Gasteiger partial charge in [0.15, 0.2) is 0 Å². The van der Waals surface area contributed by atoms with Gasteiger partial charge in [0, 0.05) is 25.1 Å². The maximum Gasteiger partial charge on any atom is 0.128 e. The molecule has 2 heterocycles. The first-order valence-corrected chi connectivity index (χ1v) is 7.92. The lowest BCUT2D eigenvalue weighted by atomic mass is 9.94. The van der Waals surface area contributed by atoms with E-state index in [9.17, 15) is 0 Å². The first-order valence-electron chi connectivity index (χ1n) is 7.92. The molecule has 2 atom stereocenters. The molecule has 0 amide bonds. The summed E-state index contributed by atoms with van der Waals surface area (Å²) in [6.45, 7) is 9.72. The van der Waals surface area contributed by atoms with Crippen LogP contribution in [0.4, 0.5) is 0 Å². The summed E-state index contributed by atoms with van der Waals surface area (Å²) < 4.78 is 12.2. The molecule has 1 saturated heterocycles. The minimum Gasteiger partial charge on any atom is -0.487 e. The summed E-state index contributed by atoms with van der Waals surface area (Å²) >= 11 is 0. The largest absolute Gasteiger partial charge is 0.487 e.